The monoisotopic (exact) mass is 401 g/mol. The van der Waals surface area contributed by atoms with Gasteiger partial charge in [0.15, 0.2) is 5.69 Å². The summed E-state index contributed by atoms with van der Waals surface area (Å²) >= 11 is 0. The fraction of sp³-hybridized carbons (Fsp3) is 0.600. The summed E-state index contributed by atoms with van der Waals surface area (Å²) in [5.74, 6) is 1.03. The summed E-state index contributed by atoms with van der Waals surface area (Å²) in [6.07, 6.45) is 4.24. The molecule has 0 radical (unpaired) electrons. The fourth-order valence-corrected chi connectivity index (χ4v) is 4.91. The number of nitrogens with one attached hydrogen (secondary N) is 1. The number of nitrogens with zero attached hydrogens (tertiary/aromatic N) is 4. The van der Waals surface area contributed by atoms with Crippen molar-refractivity contribution in [3.8, 4) is 0 Å². The summed E-state index contributed by atoms with van der Waals surface area (Å²) in [6.45, 7) is 4.44. The molecule has 0 bridgehead atoms. The van der Waals surface area contributed by atoms with Crippen LogP contribution in [-0.4, -0.2) is 52.1 Å². The molecule has 9 heteroatoms. The number of fused-ring (bicyclic) bond motifs is 2. The number of anilines is 1. The third-order valence-corrected chi connectivity index (χ3v) is 6.48. The van der Waals surface area contributed by atoms with Gasteiger partial charge in [0.25, 0.3) is 11.5 Å². The van der Waals surface area contributed by atoms with Crippen molar-refractivity contribution < 1.29 is 13.7 Å². The molecule has 1 N–H and O–H groups in total. The van der Waals surface area contributed by atoms with E-state index in [1.807, 2.05) is 9.80 Å². The van der Waals surface area contributed by atoms with Crippen LogP contribution < -0.4 is 10.5 Å². The lowest BCUT2D eigenvalue weighted by Crippen LogP contribution is -2.35. The minimum atomic E-state index is -0.802. The van der Waals surface area contributed by atoms with Crippen molar-refractivity contribution in [2.24, 2.45) is 11.8 Å². The van der Waals surface area contributed by atoms with Gasteiger partial charge in [0.1, 0.15) is 5.76 Å². The van der Waals surface area contributed by atoms with E-state index in [-0.39, 0.29) is 11.6 Å². The number of likely N-dealkylation sites (tertiary alicyclic amines) is 1. The van der Waals surface area contributed by atoms with Crippen molar-refractivity contribution in [1.82, 2.24) is 20.0 Å². The van der Waals surface area contributed by atoms with E-state index < -0.39 is 11.4 Å². The first-order valence-corrected chi connectivity index (χ1v) is 10.4. The standard InChI is InChI=1S/C20H24FN5O3/c1-2-14-16(21)18(27)23-20(22-14)26-9-11-7-25(8-12(11)10-26)19(28)17-13-5-3-4-6-15(13)29-24-17/h11-12H,2-10H2,1H3,(H,22,23,27). The van der Waals surface area contributed by atoms with E-state index >= 15 is 0 Å². The van der Waals surface area contributed by atoms with Gasteiger partial charge in [0.2, 0.25) is 11.8 Å². The second kappa shape index (κ2) is 6.96. The number of hydrogen-bond donors (Lipinski definition) is 1. The predicted molar refractivity (Wildman–Crippen MR) is 102 cm³/mol. The number of carbonyl (C=O) groups excluding carboxylic acids is 1. The molecule has 0 saturated carbocycles. The lowest BCUT2D eigenvalue weighted by Gasteiger charge is -2.22. The molecule has 2 aromatic heterocycles. The average Bonchev–Trinajstić information content (AvgIpc) is 3.42. The summed E-state index contributed by atoms with van der Waals surface area (Å²) in [5, 5.41) is 4.07. The summed E-state index contributed by atoms with van der Waals surface area (Å²) in [5.41, 5.74) is 0.929. The van der Waals surface area contributed by atoms with Crippen molar-refractivity contribution >= 4 is 11.9 Å². The Balaban J connectivity index is 1.29. The van der Waals surface area contributed by atoms with Crippen molar-refractivity contribution in [3.63, 3.8) is 0 Å². The van der Waals surface area contributed by atoms with E-state index in [0.717, 1.165) is 37.0 Å². The Morgan fingerprint density at radius 1 is 1.21 bits per heavy atom. The van der Waals surface area contributed by atoms with Gasteiger partial charge in [0.05, 0.1) is 5.69 Å². The number of amides is 1. The van der Waals surface area contributed by atoms with Crippen LogP contribution in [0, 0.1) is 17.7 Å². The quantitative estimate of drug-likeness (QED) is 0.838. The van der Waals surface area contributed by atoms with Crippen LogP contribution in [0.2, 0.25) is 0 Å². The Morgan fingerprint density at radius 2 is 1.93 bits per heavy atom. The maximum absolute atomic E-state index is 13.8. The zero-order chi connectivity index (χ0) is 20.1. The molecule has 4 heterocycles. The molecular weight excluding hydrogens is 377 g/mol. The normalized spacial score (nSPS) is 23.4. The molecule has 3 aliphatic rings. The molecule has 2 aromatic rings. The molecule has 8 nitrogen and oxygen atoms in total. The van der Waals surface area contributed by atoms with Gasteiger partial charge in [-0.25, -0.2) is 4.98 Å². The minimum absolute atomic E-state index is 0.0422. The molecule has 5 rings (SSSR count). The number of aromatic amines is 1. The number of aryl methyl sites for hydroxylation is 2. The van der Waals surface area contributed by atoms with Crippen LogP contribution in [0.1, 0.15) is 47.3 Å². The second-order valence-corrected chi connectivity index (χ2v) is 8.28. The van der Waals surface area contributed by atoms with Gasteiger partial charge in [-0.1, -0.05) is 12.1 Å². The first kappa shape index (κ1) is 18.3. The van der Waals surface area contributed by atoms with Gasteiger partial charge in [-0.05, 0) is 25.7 Å². The zero-order valence-electron chi connectivity index (χ0n) is 16.4. The molecule has 2 saturated heterocycles. The number of carbonyl (C=O) groups is 1. The number of rotatable bonds is 3. The molecular formula is C20H24FN5O3. The summed E-state index contributed by atoms with van der Waals surface area (Å²) in [7, 11) is 0. The highest BCUT2D eigenvalue weighted by Crippen LogP contribution is 2.34. The highest BCUT2D eigenvalue weighted by molar-refractivity contribution is 5.94. The second-order valence-electron chi connectivity index (χ2n) is 8.28. The number of H-pyrrole nitrogens is 1. The summed E-state index contributed by atoms with van der Waals surface area (Å²) in [6, 6.07) is 0. The van der Waals surface area contributed by atoms with Gasteiger partial charge in [-0.3, -0.25) is 14.6 Å². The van der Waals surface area contributed by atoms with Crippen molar-refractivity contribution in [1.29, 1.82) is 0 Å². The lowest BCUT2D eigenvalue weighted by molar-refractivity contribution is 0.0771. The Hall–Kier alpha value is -2.71. The summed E-state index contributed by atoms with van der Waals surface area (Å²) < 4.78 is 19.2. The van der Waals surface area contributed by atoms with E-state index in [1.165, 1.54) is 0 Å². The molecule has 29 heavy (non-hydrogen) atoms. The first-order valence-electron chi connectivity index (χ1n) is 10.4. The zero-order valence-corrected chi connectivity index (χ0v) is 16.4. The number of aromatic nitrogens is 3. The van der Waals surface area contributed by atoms with E-state index in [4.69, 9.17) is 4.52 Å². The molecule has 1 aliphatic carbocycles. The average molecular weight is 401 g/mol. The SMILES string of the molecule is CCc1nc(N2CC3CN(C(=O)c4noc5c4CCCC5)CC3C2)[nH]c(=O)c1F. The lowest BCUT2D eigenvalue weighted by atomic mass is 9.96. The van der Waals surface area contributed by atoms with Gasteiger partial charge in [0, 0.05) is 50.0 Å². The van der Waals surface area contributed by atoms with Crippen LogP contribution in [-0.2, 0) is 19.3 Å². The Morgan fingerprint density at radius 3 is 2.66 bits per heavy atom. The molecule has 1 amide bonds. The first-order chi connectivity index (χ1) is 14.0. The maximum Gasteiger partial charge on any atom is 0.288 e. The molecule has 2 fully saturated rings. The molecule has 0 aromatic carbocycles. The van der Waals surface area contributed by atoms with Crippen molar-refractivity contribution in [2.75, 3.05) is 31.1 Å². The Kier molecular flexibility index (Phi) is 4.40. The van der Waals surface area contributed by atoms with Crippen LogP contribution in [0.5, 0.6) is 0 Å². The third kappa shape index (κ3) is 3.03. The number of halogens is 1. The number of hydrogen-bond acceptors (Lipinski definition) is 6. The van der Waals surface area contributed by atoms with E-state index in [0.29, 0.717) is 56.1 Å². The predicted octanol–water partition coefficient (Wildman–Crippen LogP) is 1.55. The Labute approximate surface area is 167 Å². The molecule has 2 aliphatic heterocycles. The molecule has 154 valence electrons. The minimum Gasteiger partial charge on any atom is -0.360 e. The van der Waals surface area contributed by atoms with Gasteiger partial charge in [-0.15, -0.1) is 0 Å². The van der Waals surface area contributed by atoms with Crippen molar-refractivity contribution in [2.45, 2.75) is 39.0 Å². The topological polar surface area (TPSA) is 95.3 Å². The third-order valence-electron chi connectivity index (χ3n) is 6.48. The van der Waals surface area contributed by atoms with Gasteiger partial charge in [-0.2, -0.15) is 4.39 Å². The van der Waals surface area contributed by atoms with Crippen molar-refractivity contribution in [3.05, 3.63) is 38.9 Å². The fourth-order valence-electron chi connectivity index (χ4n) is 4.91. The smallest absolute Gasteiger partial charge is 0.288 e. The molecule has 2 atom stereocenters. The highest BCUT2D eigenvalue weighted by atomic mass is 19.1. The van der Waals surface area contributed by atoms with Gasteiger partial charge < -0.3 is 14.3 Å². The Bertz CT molecular complexity index is 1000. The van der Waals surface area contributed by atoms with Gasteiger partial charge >= 0.3 is 0 Å². The largest absolute Gasteiger partial charge is 0.360 e. The van der Waals surface area contributed by atoms with Crippen LogP contribution in [0.4, 0.5) is 10.3 Å². The highest BCUT2D eigenvalue weighted by Gasteiger charge is 2.43. The summed E-state index contributed by atoms with van der Waals surface area (Å²) in [4.78, 5) is 35.6. The maximum atomic E-state index is 13.8. The van der Waals surface area contributed by atoms with Crippen LogP contribution in [0.15, 0.2) is 9.32 Å². The van der Waals surface area contributed by atoms with Crippen LogP contribution in [0.3, 0.4) is 0 Å². The van der Waals surface area contributed by atoms with Crippen LogP contribution >= 0.6 is 0 Å². The van der Waals surface area contributed by atoms with E-state index in [1.54, 1.807) is 6.92 Å². The van der Waals surface area contributed by atoms with Crippen LogP contribution in [0.25, 0.3) is 0 Å². The molecule has 0 spiro atoms. The molecule has 2 unspecified atom stereocenters. The van der Waals surface area contributed by atoms with E-state index in [2.05, 4.69) is 15.1 Å². The van der Waals surface area contributed by atoms with E-state index in [9.17, 15) is 14.0 Å².